The van der Waals surface area contributed by atoms with Crippen molar-refractivity contribution in [3.8, 4) is 5.75 Å². The summed E-state index contributed by atoms with van der Waals surface area (Å²) in [5.74, 6) is -0.746. The second-order valence-corrected chi connectivity index (χ2v) is 19.8. The van der Waals surface area contributed by atoms with Gasteiger partial charge < -0.3 is 34.5 Å². The molecule has 12 nitrogen and oxygen atoms in total. The second kappa shape index (κ2) is 16.0. The zero-order valence-corrected chi connectivity index (χ0v) is 39.0. The number of likely N-dealkylation sites (N-methyl/N-ethyl adjacent to an activating group) is 1. The highest BCUT2D eigenvalue weighted by molar-refractivity contribution is 6.31. The first kappa shape index (κ1) is 43.7. The van der Waals surface area contributed by atoms with Gasteiger partial charge in [-0.3, -0.25) is 24.2 Å². The van der Waals surface area contributed by atoms with Gasteiger partial charge in [-0.15, -0.1) is 0 Å². The Morgan fingerprint density at radius 1 is 1.02 bits per heavy atom. The predicted octanol–water partition coefficient (Wildman–Crippen LogP) is 6.71. The monoisotopic (exact) mass is 901 g/mol. The zero-order chi connectivity index (χ0) is 45.6. The minimum Gasteiger partial charge on any atom is -0.496 e. The van der Waals surface area contributed by atoms with Gasteiger partial charge in [-0.1, -0.05) is 73.5 Å². The largest absolute Gasteiger partial charge is 0.496 e. The molecule has 3 aromatic carbocycles. The van der Waals surface area contributed by atoms with Crippen molar-refractivity contribution in [1.29, 1.82) is 0 Å². The number of nitrogens with one attached hydrogen (secondary N) is 2. The number of nitrogens with zero attached hydrogens (tertiary/aromatic N) is 3. The fourth-order valence-corrected chi connectivity index (χ4v) is 14.1. The summed E-state index contributed by atoms with van der Waals surface area (Å²) < 4.78 is 18.9. The number of fused-ring (bicyclic) bond motifs is 6. The molecule has 65 heavy (non-hydrogen) atoms. The number of para-hydroxylation sites is 1. The minimum atomic E-state index is -1.83. The standard InChI is InChI=1S/C52H60ClN5O7/c1-7-32-23-33-27-51(48(61)64-6,43-37(17-21-57(28-32)29-33)36-15-9-10-16-40(36)55-43)39-25-38-41(26-42(39)63-5)56(4)46-50(38)19-22-58-20-12-18-49(8-2,45(50)58)47(65-31(3)59)52(46,62)30-54-44(60)34-13-11-14-35(53)24-34/h9-16,18,23-26,33,45-47,55,62H,7-8,17,19-22,27-30H2,1-6H3,(H,54,60)/t33-,45-,46+,47+,49+,50+,51-,52-/m0/s1. The summed E-state index contributed by atoms with van der Waals surface area (Å²) >= 11 is 6.34. The molecular formula is C52H60ClN5O7. The number of carbonyl (C=O) groups excluding carboxylic acids is 3. The summed E-state index contributed by atoms with van der Waals surface area (Å²) in [5.41, 5.74) is 2.28. The van der Waals surface area contributed by atoms with Crippen LogP contribution in [0.25, 0.3) is 10.9 Å². The van der Waals surface area contributed by atoms with Crippen LogP contribution in [0, 0.1) is 11.3 Å². The molecule has 1 amide bonds. The van der Waals surface area contributed by atoms with Crippen LogP contribution in [-0.4, -0.2) is 122 Å². The molecule has 0 radical (unpaired) electrons. The molecule has 1 saturated carbocycles. The average molecular weight is 903 g/mol. The van der Waals surface area contributed by atoms with Crippen molar-refractivity contribution in [3.05, 3.63) is 117 Å². The fraction of sp³-hybridized carbons (Fsp3) is 0.481. The number of hydrogen-bond donors (Lipinski definition) is 3. The fourth-order valence-electron chi connectivity index (χ4n) is 14.0. The summed E-state index contributed by atoms with van der Waals surface area (Å²) in [6.07, 6.45) is 8.93. The molecule has 13 heteroatoms. The van der Waals surface area contributed by atoms with Crippen LogP contribution in [0.3, 0.4) is 0 Å². The van der Waals surface area contributed by atoms with Crippen LogP contribution in [0.5, 0.6) is 5.75 Å². The van der Waals surface area contributed by atoms with Gasteiger partial charge in [0.05, 0.1) is 26.8 Å². The Balaban J connectivity index is 1.23. The Morgan fingerprint density at radius 3 is 2.57 bits per heavy atom. The number of methoxy groups -OCH3 is 2. The lowest BCUT2D eigenvalue weighted by atomic mass is 9.47. The molecule has 6 aliphatic rings. The van der Waals surface area contributed by atoms with E-state index in [0.717, 1.165) is 72.4 Å². The lowest BCUT2D eigenvalue weighted by molar-refractivity contribution is -0.216. The topological polar surface area (TPSA) is 137 Å². The Labute approximate surface area is 385 Å². The van der Waals surface area contributed by atoms with Gasteiger partial charge in [0.25, 0.3) is 5.91 Å². The van der Waals surface area contributed by atoms with E-state index in [0.29, 0.717) is 47.7 Å². The van der Waals surface area contributed by atoms with Crippen molar-refractivity contribution < 1.29 is 33.7 Å². The van der Waals surface area contributed by atoms with E-state index in [1.54, 1.807) is 31.4 Å². The maximum absolute atomic E-state index is 15.5. The number of aromatic amines is 1. The molecule has 342 valence electrons. The molecule has 1 unspecified atom stereocenters. The van der Waals surface area contributed by atoms with Crippen molar-refractivity contribution in [2.45, 2.75) is 87.5 Å². The van der Waals surface area contributed by atoms with Crippen LogP contribution in [0.2, 0.25) is 5.02 Å². The number of rotatable bonds is 9. The van der Waals surface area contributed by atoms with Crippen LogP contribution in [0.1, 0.15) is 79.2 Å². The minimum absolute atomic E-state index is 0.0206. The third-order valence-electron chi connectivity index (χ3n) is 16.3. The van der Waals surface area contributed by atoms with Gasteiger partial charge in [-0.05, 0) is 86.0 Å². The summed E-state index contributed by atoms with van der Waals surface area (Å²) in [7, 11) is 5.11. The van der Waals surface area contributed by atoms with Gasteiger partial charge in [0.1, 0.15) is 22.9 Å². The highest BCUT2D eigenvalue weighted by Gasteiger charge is 2.78. The van der Waals surface area contributed by atoms with Crippen LogP contribution < -0.4 is 15.0 Å². The maximum Gasteiger partial charge on any atom is 0.322 e. The molecule has 1 aromatic heterocycles. The van der Waals surface area contributed by atoms with E-state index < -0.39 is 45.9 Å². The molecular weight excluding hydrogens is 842 g/mol. The summed E-state index contributed by atoms with van der Waals surface area (Å²) in [4.78, 5) is 53.7. The first-order valence-corrected chi connectivity index (χ1v) is 23.6. The van der Waals surface area contributed by atoms with E-state index in [4.69, 9.17) is 25.8 Å². The highest BCUT2D eigenvalue weighted by atomic mass is 35.5. The zero-order valence-electron chi connectivity index (χ0n) is 38.2. The maximum atomic E-state index is 15.5. The molecule has 1 aliphatic carbocycles. The Morgan fingerprint density at radius 2 is 1.83 bits per heavy atom. The molecule has 3 N–H and O–H groups in total. The Hall–Kier alpha value is -5.14. The number of amides is 1. The van der Waals surface area contributed by atoms with Crippen molar-refractivity contribution >= 4 is 46.0 Å². The van der Waals surface area contributed by atoms with Gasteiger partial charge >= 0.3 is 11.9 Å². The number of hydrogen-bond acceptors (Lipinski definition) is 10. The normalized spacial score (nSPS) is 32.2. The number of aliphatic hydroxyl groups is 1. The van der Waals surface area contributed by atoms with E-state index in [1.165, 1.54) is 19.6 Å². The third-order valence-corrected chi connectivity index (χ3v) is 16.5. The van der Waals surface area contributed by atoms with E-state index in [1.807, 2.05) is 19.2 Å². The lowest BCUT2D eigenvalue weighted by Gasteiger charge is -2.64. The van der Waals surface area contributed by atoms with Gasteiger partial charge in [-0.2, -0.15) is 0 Å². The molecule has 9 atom stereocenters. The lowest BCUT2D eigenvalue weighted by Crippen LogP contribution is -2.81. The number of H-pyrrole nitrogens is 1. The Bertz CT molecular complexity index is 2660. The predicted molar refractivity (Wildman–Crippen MR) is 251 cm³/mol. The smallest absolute Gasteiger partial charge is 0.322 e. The molecule has 6 heterocycles. The molecule has 1 spiro atoms. The van der Waals surface area contributed by atoms with E-state index in [9.17, 15) is 14.7 Å². The summed E-state index contributed by atoms with van der Waals surface area (Å²) in [6.45, 7) is 9.41. The summed E-state index contributed by atoms with van der Waals surface area (Å²) in [6, 6.07) is 18.3. The number of esters is 2. The number of carbonyl (C=O) groups is 3. The summed E-state index contributed by atoms with van der Waals surface area (Å²) in [5, 5.41) is 18.5. The first-order valence-electron chi connectivity index (χ1n) is 23.2. The average Bonchev–Trinajstić information content (AvgIpc) is 3.97. The number of benzene rings is 3. The molecule has 4 aromatic rings. The van der Waals surface area contributed by atoms with Crippen LogP contribution in [0.4, 0.5) is 5.69 Å². The van der Waals surface area contributed by atoms with Gasteiger partial charge in [-0.25, -0.2) is 0 Å². The van der Waals surface area contributed by atoms with Gasteiger partial charge in [0.15, 0.2) is 0 Å². The van der Waals surface area contributed by atoms with Crippen molar-refractivity contribution in [2.24, 2.45) is 11.3 Å². The van der Waals surface area contributed by atoms with E-state index in [-0.39, 0.29) is 24.5 Å². The molecule has 2 bridgehead atoms. The SMILES string of the molecule is CCC1=C[C@@H]2CN(CCc3c([nH]c4ccccc34)[C@@](C(=O)OC)(c3cc4c(cc3OC)N(C)[C@H]3[C@@](O)(CNC(=O)c5cccc(Cl)c5)[C@H](OC(C)=O)[C@]5(CC)C=CCN6CC[C@]43[C@@H]65)C2)C1. The van der Waals surface area contributed by atoms with Crippen molar-refractivity contribution in [3.63, 3.8) is 0 Å². The number of ether oxygens (including phenoxy) is 3. The highest BCUT2D eigenvalue weighted by Crippen LogP contribution is 2.68. The van der Waals surface area contributed by atoms with Crippen molar-refractivity contribution in [1.82, 2.24) is 20.1 Å². The van der Waals surface area contributed by atoms with E-state index in [2.05, 4.69) is 81.3 Å². The van der Waals surface area contributed by atoms with Crippen LogP contribution in [-0.2, 0) is 36.3 Å². The molecule has 5 aliphatic heterocycles. The Kier molecular flexibility index (Phi) is 10.8. The second-order valence-electron chi connectivity index (χ2n) is 19.4. The number of anilines is 1. The molecule has 10 rings (SSSR count). The third kappa shape index (κ3) is 6.30. The molecule has 1 saturated heterocycles. The van der Waals surface area contributed by atoms with Gasteiger partial charge in [0, 0.05) is 102 Å². The number of aromatic nitrogens is 1. The van der Waals surface area contributed by atoms with E-state index >= 15 is 4.79 Å². The quantitative estimate of drug-likeness (QED) is 0.123. The van der Waals surface area contributed by atoms with Crippen molar-refractivity contribution in [2.75, 3.05) is 65.4 Å². The van der Waals surface area contributed by atoms with Crippen LogP contribution in [0.15, 0.2) is 84.5 Å². The van der Waals surface area contributed by atoms with Gasteiger partial charge in [0.2, 0.25) is 0 Å². The first-order chi connectivity index (χ1) is 31.3. The molecule has 2 fully saturated rings. The number of halogens is 1. The van der Waals surface area contributed by atoms with Crippen LogP contribution >= 0.6 is 11.6 Å².